The molecule has 0 aliphatic rings. The molecule has 0 radical (unpaired) electrons. The van der Waals surface area contributed by atoms with Gasteiger partial charge >= 0.3 is 0 Å². The van der Waals surface area contributed by atoms with Crippen LogP contribution in [0.5, 0.6) is 5.75 Å². The molecule has 0 aromatic heterocycles. The number of hydrazine groups is 1. The summed E-state index contributed by atoms with van der Waals surface area (Å²) >= 11 is 0. The highest BCUT2D eigenvalue weighted by Gasteiger charge is 2.32. The van der Waals surface area contributed by atoms with E-state index in [0.29, 0.717) is 31.9 Å². The molecule has 44 heavy (non-hydrogen) atoms. The third kappa shape index (κ3) is 12.4. The molecule has 0 saturated carbocycles. The second-order valence-corrected chi connectivity index (χ2v) is 11.6. The highest BCUT2D eigenvalue weighted by molar-refractivity contribution is 5.89. The third-order valence-corrected chi connectivity index (χ3v) is 7.68. The zero-order chi connectivity index (χ0) is 32.6. The van der Waals surface area contributed by atoms with Gasteiger partial charge in [0.15, 0.2) is 0 Å². The lowest BCUT2D eigenvalue weighted by Gasteiger charge is -2.29. The summed E-state index contributed by atoms with van der Waals surface area (Å²) in [6, 6.07) is 9.86. The van der Waals surface area contributed by atoms with Crippen molar-refractivity contribution in [2.24, 2.45) is 23.5 Å². The SMILES string of the molecule is CC[C@H](C)[C@H](NC(=O)[C@@H](C[C@H](O)[C@@H](N)COCc1ccc(C)c(OCCCOC)c1)C(C)C)C(=O)NNc1ccc(F)cc1. The van der Waals surface area contributed by atoms with Crippen molar-refractivity contribution in [2.75, 3.05) is 32.4 Å². The normalized spacial score (nSPS) is 14.8. The van der Waals surface area contributed by atoms with Crippen molar-refractivity contribution in [2.45, 2.75) is 78.7 Å². The Morgan fingerprint density at radius 2 is 1.75 bits per heavy atom. The number of nitrogens with one attached hydrogen (secondary N) is 3. The Kier molecular flexibility index (Phi) is 16.1. The zero-order valence-electron chi connectivity index (χ0n) is 26.9. The fourth-order valence-corrected chi connectivity index (χ4v) is 4.52. The molecule has 2 rings (SSSR count). The van der Waals surface area contributed by atoms with Gasteiger partial charge in [0, 0.05) is 26.1 Å². The number of halogens is 1. The maximum absolute atomic E-state index is 13.4. The molecule has 0 heterocycles. The van der Waals surface area contributed by atoms with Gasteiger partial charge in [-0.15, -0.1) is 0 Å². The maximum atomic E-state index is 13.4. The van der Waals surface area contributed by atoms with E-state index >= 15 is 0 Å². The van der Waals surface area contributed by atoms with Crippen LogP contribution in [-0.2, 0) is 25.7 Å². The minimum Gasteiger partial charge on any atom is -0.493 e. The standard InChI is InChI=1S/C33H51FN4O6/c1-7-22(4)31(33(41)38-37-26-13-11-25(34)12-14-26)36-32(40)27(21(2)3)18-29(39)28(35)20-43-19-24-10-9-23(5)30(17-24)44-16-8-15-42-6/h9-14,17,21-22,27-29,31,37,39H,7-8,15-16,18-20,35H2,1-6H3,(H,36,40)(H,38,41)/t22-,27-,28-,29-,31-/m0/s1. The van der Waals surface area contributed by atoms with Crippen molar-refractivity contribution >= 4 is 17.5 Å². The highest BCUT2D eigenvalue weighted by atomic mass is 19.1. The number of aliphatic hydroxyl groups excluding tert-OH is 1. The Labute approximate surface area is 261 Å². The molecule has 10 nitrogen and oxygen atoms in total. The minimum atomic E-state index is -0.998. The smallest absolute Gasteiger partial charge is 0.261 e. The van der Waals surface area contributed by atoms with Crippen LogP contribution in [0.15, 0.2) is 42.5 Å². The summed E-state index contributed by atoms with van der Waals surface area (Å²) < 4.78 is 29.9. The quantitative estimate of drug-likeness (QED) is 0.110. The van der Waals surface area contributed by atoms with Gasteiger partial charge in [-0.3, -0.25) is 20.4 Å². The average molecular weight is 619 g/mol. The molecule has 2 amide bonds. The highest BCUT2D eigenvalue weighted by Crippen LogP contribution is 2.22. The van der Waals surface area contributed by atoms with Crippen molar-refractivity contribution in [3.8, 4) is 5.75 Å². The van der Waals surface area contributed by atoms with Gasteiger partial charge in [-0.05, 0) is 66.6 Å². The van der Waals surface area contributed by atoms with Crippen LogP contribution in [0.25, 0.3) is 0 Å². The van der Waals surface area contributed by atoms with Gasteiger partial charge in [0.2, 0.25) is 5.91 Å². The third-order valence-electron chi connectivity index (χ3n) is 7.68. The summed E-state index contributed by atoms with van der Waals surface area (Å²) in [5.74, 6) is -1.24. The number of benzene rings is 2. The number of hydrogen-bond donors (Lipinski definition) is 5. The van der Waals surface area contributed by atoms with Gasteiger partial charge in [0.1, 0.15) is 17.6 Å². The van der Waals surface area contributed by atoms with Crippen LogP contribution in [0, 0.1) is 30.5 Å². The van der Waals surface area contributed by atoms with Crippen LogP contribution < -0.4 is 26.6 Å². The monoisotopic (exact) mass is 618 g/mol. The number of hydrogen-bond acceptors (Lipinski definition) is 8. The first-order chi connectivity index (χ1) is 21.0. The summed E-state index contributed by atoms with van der Waals surface area (Å²) in [7, 11) is 1.66. The number of methoxy groups -OCH3 is 1. The Hall–Kier alpha value is -3.25. The Morgan fingerprint density at radius 3 is 2.39 bits per heavy atom. The summed E-state index contributed by atoms with van der Waals surface area (Å²) in [6.45, 7) is 11.1. The number of rotatable bonds is 20. The van der Waals surface area contributed by atoms with Crippen LogP contribution in [0.3, 0.4) is 0 Å². The molecule has 6 N–H and O–H groups in total. The number of carbonyl (C=O) groups excluding carboxylic acids is 2. The van der Waals surface area contributed by atoms with E-state index in [0.717, 1.165) is 23.3 Å². The van der Waals surface area contributed by atoms with Crippen molar-refractivity contribution in [1.29, 1.82) is 0 Å². The van der Waals surface area contributed by atoms with E-state index in [9.17, 15) is 19.1 Å². The Morgan fingerprint density at radius 1 is 1.05 bits per heavy atom. The predicted octanol–water partition coefficient (Wildman–Crippen LogP) is 4.09. The summed E-state index contributed by atoms with van der Waals surface area (Å²) in [4.78, 5) is 26.4. The number of aliphatic hydroxyl groups is 1. The summed E-state index contributed by atoms with van der Waals surface area (Å²) in [5.41, 5.74) is 14.1. The van der Waals surface area contributed by atoms with Crippen LogP contribution in [0.2, 0.25) is 0 Å². The number of nitrogens with two attached hydrogens (primary N) is 1. The number of ether oxygens (including phenoxy) is 3. The predicted molar refractivity (Wildman–Crippen MR) is 169 cm³/mol. The minimum absolute atomic E-state index is 0.0957. The van der Waals surface area contributed by atoms with E-state index in [-0.39, 0.29) is 36.6 Å². The van der Waals surface area contributed by atoms with E-state index in [1.807, 2.05) is 52.8 Å². The second kappa shape index (κ2) is 19.2. The first-order valence-electron chi connectivity index (χ1n) is 15.3. The van der Waals surface area contributed by atoms with Crippen LogP contribution in [0.1, 0.15) is 58.1 Å². The lowest BCUT2D eigenvalue weighted by molar-refractivity contribution is -0.133. The molecule has 0 spiro atoms. The second-order valence-electron chi connectivity index (χ2n) is 11.6. The molecular formula is C33H51FN4O6. The van der Waals surface area contributed by atoms with Crippen molar-refractivity contribution in [1.82, 2.24) is 10.7 Å². The summed E-state index contributed by atoms with van der Waals surface area (Å²) in [5, 5.41) is 13.8. The maximum Gasteiger partial charge on any atom is 0.261 e. The van der Waals surface area contributed by atoms with Crippen LogP contribution >= 0.6 is 0 Å². The lowest BCUT2D eigenvalue weighted by Crippen LogP contribution is -2.54. The van der Waals surface area contributed by atoms with E-state index in [2.05, 4.69) is 16.2 Å². The molecule has 0 unspecified atom stereocenters. The molecule has 0 fully saturated rings. The summed E-state index contributed by atoms with van der Waals surface area (Å²) in [6.07, 6.45) is 0.552. The van der Waals surface area contributed by atoms with Gasteiger partial charge in [0.25, 0.3) is 5.91 Å². The number of carbonyl (C=O) groups is 2. The number of amides is 2. The van der Waals surface area contributed by atoms with Gasteiger partial charge in [-0.1, -0.05) is 46.2 Å². The van der Waals surface area contributed by atoms with E-state index in [1.54, 1.807) is 7.11 Å². The van der Waals surface area contributed by atoms with Crippen molar-refractivity contribution in [3.05, 3.63) is 59.4 Å². The van der Waals surface area contributed by atoms with Crippen molar-refractivity contribution in [3.63, 3.8) is 0 Å². The van der Waals surface area contributed by atoms with Gasteiger partial charge in [0.05, 0.1) is 37.7 Å². The fraction of sp³-hybridized carbons (Fsp3) is 0.576. The first kappa shape index (κ1) is 36.9. The van der Waals surface area contributed by atoms with Gasteiger partial charge in [-0.2, -0.15) is 0 Å². The molecule has 0 bridgehead atoms. The molecule has 0 aliphatic heterocycles. The molecule has 11 heteroatoms. The zero-order valence-corrected chi connectivity index (χ0v) is 26.9. The Bertz CT molecular complexity index is 1150. The topological polar surface area (TPSA) is 144 Å². The largest absolute Gasteiger partial charge is 0.493 e. The van der Waals surface area contributed by atoms with Crippen LogP contribution in [0.4, 0.5) is 10.1 Å². The molecule has 2 aromatic carbocycles. The lowest BCUT2D eigenvalue weighted by atomic mass is 9.86. The van der Waals surface area contributed by atoms with Gasteiger partial charge in [-0.25, -0.2) is 4.39 Å². The molecule has 5 atom stereocenters. The molecule has 246 valence electrons. The molecule has 0 saturated heterocycles. The fourth-order valence-electron chi connectivity index (χ4n) is 4.52. The van der Waals surface area contributed by atoms with Gasteiger partial charge < -0.3 is 30.4 Å². The number of aryl methyl sites for hydroxylation is 1. The Balaban J connectivity index is 1.92. The first-order valence-corrected chi connectivity index (χ1v) is 15.3. The number of anilines is 1. The van der Waals surface area contributed by atoms with E-state index in [1.165, 1.54) is 24.3 Å². The average Bonchev–Trinajstić information content (AvgIpc) is 3.00. The van der Waals surface area contributed by atoms with E-state index < -0.39 is 30.0 Å². The van der Waals surface area contributed by atoms with Crippen LogP contribution in [-0.4, -0.2) is 62.0 Å². The molecule has 2 aromatic rings. The van der Waals surface area contributed by atoms with E-state index in [4.69, 9.17) is 19.9 Å². The van der Waals surface area contributed by atoms with Crippen molar-refractivity contribution < 1.29 is 33.3 Å². The molecular weight excluding hydrogens is 567 g/mol. The molecule has 0 aliphatic carbocycles.